The van der Waals surface area contributed by atoms with E-state index in [1.54, 1.807) is 30.3 Å². The first-order chi connectivity index (χ1) is 13.7. The number of amides is 1. The Labute approximate surface area is 169 Å². The predicted molar refractivity (Wildman–Crippen MR) is 108 cm³/mol. The van der Waals surface area contributed by atoms with E-state index in [2.05, 4.69) is 5.32 Å². The van der Waals surface area contributed by atoms with E-state index in [0.29, 0.717) is 23.9 Å². The fourth-order valence-corrected chi connectivity index (χ4v) is 3.05. The molecular formula is C22H21ClN2O3. The van der Waals surface area contributed by atoms with Gasteiger partial charge in [-0.05, 0) is 42.7 Å². The molecule has 1 saturated heterocycles. The third-order valence-electron chi connectivity index (χ3n) is 4.42. The molecule has 2 aromatic rings. The molecule has 1 unspecified atom stereocenters. The normalized spacial score (nSPS) is 16.4. The van der Waals surface area contributed by atoms with Gasteiger partial charge in [0.15, 0.2) is 0 Å². The molecule has 1 amide bonds. The van der Waals surface area contributed by atoms with Crippen LogP contribution in [0.4, 0.5) is 0 Å². The van der Waals surface area contributed by atoms with E-state index in [1.807, 2.05) is 30.3 Å². The maximum absolute atomic E-state index is 12.2. The van der Waals surface area contributed by atoms with E-state index < -0.39 is 5.91 Å². The van der Waals surface area contributed by atoms with Crippen LogP contribution in [0.5, 0.6) is 5.75 Å². The van der Waals surface area contributed by atoms with Crippen molar-refractivity contribution in [1.82, 2.24) is 5.32 Å². The Bertz CT molecular complexity index is 881. The first kappa shape index (κ1) is 19.9. The molecule has 1 aliphatic heterocycles. The number of hydrogen-bond donors (Lipinski definition) is 1. The van der Waals surface area contributed by atoms with E-state index in [4.69, 9.17) is 21.1 Å². The first-order valence-electron chi connectivity index (χ1n) is 9.13. The fraction of sp³-hybridized carbons (Fsp3) is 0.273. The molecule has 1 atom stereocenters. The van der Waals surface area contributed by atoms with Gasteiger partial charge in [-0.25, -0.2) is 0 Å². The molecular weight excluding hydrogens is 376 g/mol. The largest absolute Gasteiger partial charge is 0.489 e. The van der Waals surface area contributed by atoms with Crippen molar-refractivity contribution in [3.8, 4) is 11.8 Å². The zero-order valence-corrected chi connectivity index (χ0v) is 16.1. The number of nitrogens with zero attached hydrogens (tertiary/aromatic N) is 1. The van der Waals surface area contributed by atoms with E-state index in [9.17, 15) is 10.1 Å². The minimum atomic E-state index is -0.392. The van der Waals surface area contributed by atoms with Crippen molar-refractivity contribution in [1.29, 1.82) is 5.26 Å². The Hall–Kier alpha value is -2.81. The van der Waals surface area contributed by atoms with Crippen LogP contribution in [0.15, 0.2) is 54.1 Å². The number of ether oxygens (including phenoxy) is 2. The van der Waals surface area contributed by atoms with Gasteiger partial charge < -0.3 is 14.8 Å². The summed E-state index contributed by atoms with van der Waals surface area (Å²) < 4.78 is 11.2. The minimum absolute atomic E-state index is 0.0402. The van der Waals surface area contributed by atoms with Crippen molar-refractivity contribution in [2.24, 2.45) is 0 Å². The lowest BCUT2D eigenvalue weighted by atomic mass is 10.1. The van der Waals surface area contributed by atoms with Gasteiger partial charge in [0.25, 0.3) is 5.91 Å². The molecule has 0 radical (unpaired) electrons. The highest BCUT2D eigenvalue weighted by Crippen LogP contribution is 2.20. The van der Waals surface area contributed by atoms with Crippen LogP contribution >= 0.6 is 11.6 Å². The summed E-state index contributed by atoms with van der Waals surface area (Å²) in [6, 6.07) is 16.7. The maximum Gasteiger partial charge on any atom is 0.262 e. The van der Waals surface area contributed by atoms with E-state index in [1.165, 1.54) is 0 Å². The lowest BCUT2D eigenvalue weighted by Gasteiger charge is -2.10. The van der Waals surface area contributed by atoms with Crippen LogP contribution in [0.1, 0.15) is 24.0 Å². The molecule has 3 rings (SSSR count). The molecule has 0 spiro atoms. The molecule has 1 fully saturated rings. The summed E-state index contributed by atoms with van der Waals surface area (Å²) >= 11 is 6.12. The Kier molecular flexibility index (Phi) is 7.07. The molecule has 6 heteroatoms. The van der Waals surface area contributed by atoms with Gasteiger partial charge in [0.2, 0.25) is 0 Å². The van der Waals surface area contributed by atoms with Crippen molar-refractivity contribution in [3.63, 3.8) is 0 Å². The highest BCUT2D eigenvalue weighted by Gasteiger charge is 2.17. The smallest absolute Gasteiger partial charge is 0.262 e. The van der Waals surface area contributed by atoms with Crippen LogP contribution in [0.25, 0.3) is 6.08 Å². The van der Waals surface area contributed by atoms with Gasteiger partial charge in [-0.2, -0.15) is 5.26 Å². The summed E-state index contributed by atoms with van der Waals surface area (Å²) in [5.41, 5.74) is 1.71. The molecule has 5 nitrogen and oxygen atoms in total. The van der Waals surface area contributed by atoms with Gasteiger partial charge >= 0.3 is 0 Å². The average Bonchev–Trinajstić information content (AvgIpc) is 3.24. The monoisotopic (exact) mass is 396 g/mol. The molecule has 1 aliphatic rings. The van der Waals surface area contributed by atoms with Crippen LogP contribution in [-0.2, 0) is 16.1 Å². The molecule has 1 heterocycles. The van der Waals surface area contributed by atoms with Gasteiger partial charge in [-0.3, -0.25) is 4.79 Å². The second-order valence-corrected chi connectivity index (χ2v) is 6.87. The molecule has 0 aliphatic carbocycles. The number of nitriles is 1. The lowest BCUT2D eigenvalue weighted by Crippen LogP contribution is -2.32. The van der Waals surface area contributed by atoms with Crippen molar-refractivity contribution in [2.75, 3.05) is 13.2 Å². The number of benzene rings is 2. The highest BCUT2D eigenvalue weighted by atomic mass is 35.5. The van der Waals surface area contributed by atoms with Crippen molar-refractivity contribution < 1.29 is 14.3 Å². The highest BCUT2D eigenvalue weighted by molar-refractivity contribution is 6.31. The fourth-order valence-electron chi connectivity index (χ4n) is 2.86. The number of halogens is 1. The molecule has 28 heavy (non-hydrogen) atoms. The SMILES string of the molecule is N#C/C(=C\c1ccc(OCc2ccccc2Cl)cc1)C(=O)NCC1CCCO1. The third kappa shape index (κ3) is 5.59. The lowest BCUT2D eigenvalue weighted by molar-refractivity contribution is -0.117. The molecule has 1 N–H and O–H groups in total. The van der Waals surface area contributed by atoms with E-state index >= 15 is 0 Å². The number of carbonyl (C=O) groups excluding carboxylic acids is 1. The number of carbonyl (C=O) groups is 1. The predicted octanol–water partition coefficient (Wildman–Crippen LogP) is 4.12. The van der Waals surface area contributed by atoms with Crippen LogP contribution in [0, 0.1) is 11.3 Å². The average molecular weight is 397 g/mol. The number of nitrogens with one attached hydrogen (secondary N) is 1. The third-order valence-corrected chi connectivity index (χ3v) is 4.79. The molecule has 144 valence electrons. The van der Waals surface area contributed by atoms with Crippen LogP contribution in [0.3, 0.4) is 0 Å². The number of rotatable bonds is 7. The van der Waals surface area contributed by atoms with Gasteiger partial charge in [0.1, 0.15) is 24.0 Å². The Morgan fingerprint density at radius 2 is 2.07 bits per heavy atom. The quantitative estimate of drug-likeness (QED) is 0.564. The molecule has 0 aromatic heterocycles. The summed E-state index contributed by atoms with van der Waals surface area (Å²) in [5.74, 6) is 0.287. The van der Waals surface area contributed by atoms with Crippen LogP contribution in [0.2, 0.25) is 5.02 Å². The first-order valence-corrected chi connectivity index (χ1v) is 9.51. The van der Waals surface area contributed by atoms with Crippen molar-refractivity contribution in [3.05, 3.63) is 70.3 Å². The summed E-state index contributed by atoms with van der Waals surface area (Å²) in [6.45, 7) is 1.52. The Balaban J connectivity index is 1.57. The summed E-state index contributed by atoms with van der Waals surface area (Å²) in [5, 5.41) is 12.7. The van der Waals surface area contributed by atoms with Gasteiger partial charge in [0.05, 0.1) is 6.10 Å². The molecule has 0 saturated carbocycles. The second-order valence-electron chi connectivity index (χ2n) is 6.46. The van der Waals surface area contributed by atoms with Crippen LogP contribution in [-0.4, -0.2) is 25.2 Å². The summed E-state index contributed by atoms with van der Waals surface area (Å²) in [6.07, 6.45) is 3.54. The maximum atomic E-state index is 12.2. The van der Waals surface area contributed by atoms with Crippen LogP contribution < -0.4 is 10.1 Å². The van der Waals surface area contributed by atoms with Gasteiger partial charge in [0, 0.05) is 23.7 Å². The van der Waals surface area contributed by atoms with Crippen molar-refractivity contribution in [2.45, 2.75) is 25.6 Å². The van der Waals surface area contributed by atoms with E-state index in [0.717, 1.165) is 30.6 Å². The molecule has 0 bridgehead atoms. The Morgan fingerprint density at radius 3 is 2.75 bits per heavy atom. The zero-order valence-electron chi connectivity index (χ0n) is 15.4. The standard InChI is InChI=1S/C22H21ClN2O3/c23-21-6-2-1-4-17(21)15-28-19-9-7-16(8-10-19)12-18(13-24)22(26)25-14-20-5-3-11-27-20/h1-2,4,6-10,12,20H,3,5,11,14-15H2,(H,25,26)/b18-12+. The number of hydrogen-bond acceptors (Lipinski definition) is 4. The van der Waals surface area contributed by atoms with E-state index in [-0.39, 0.29) is 11.7 Å². The Morgan fingerprint density at radius 1 is 1.29 bits per heavy atom. The topological polar surface area (TPSA) is 71.3 Å². The van der Waals surface area contributed by atoms with Gasteiger partial charge in [-0.15, -0.1) is 0 Å². The molecule has 2 aromatic carbocycles. The summed E-state index contributed by atoms with van der Waals surface area (Å²) in [4.78, 5) is 12.2. The van der Waals surface area contributed by atoms with Gasteiger partial charge in [-0.1, -0.05) is 41.9 Å². The minimum Gasteiger partial charge on any atom is -0.489 e. The van der Waals surface area contributed by atoms with Crippen molar-refractivity contribution >= 4 is 23.6 Å². The summed E-state index contributed by atoms with van der Waals surface area (Å²) in [7, 11) is 0. The second kappa shape index (κ2) is 9.93. The zero-order chi connectivity index (χ0) is 19.8.